The highest BCUT2D eigenvalue weighted by Gasteiger charge is 2.47. The van der Waals surface area contributed by atoms with Crippen LogP contribution in [0.5, 0.6) is 17.2 Å². The quantitative estimate of drug-likeness (QED) is 0.0598. The number of carbonyl (C=O) groups excluding carboxylic acids is 10. The number of hydrogen-bond acceptors (Lipinski definition) is 18. The molecular weight excluding hydrogens is 1200 g/mol. The third kappa shape index (κ3) is 19.0. The van der Waals surface area contributed by atoms with Gasteiger partial charge in [-0.3, -0.25) is 43.2 Å². The maximum Gasteiger partial charge on any atom is 0.329 e. The fraction of sp³-hybridized carbons (Fsp3) is 0.525. The van der Waals surface area contributed by atoms with Gasteiger partial charge in [-0.15, -0.1) is 0 Å². The molecule has 0 aliphatic carbocycles. The van der Waals surface area contributed by atoms with Gasteiger partial charge < -0.3 is 87.5 Å². The number of aromatic hydroxyl groups is 3. The van der Waals surface area contributed by atoms with E-state index in [0.29, 0.717) is 28.9 Å². The lowest BCUT2D eigenvalue weighted by Gasteiger charge is -2.43. The molecule has 2 aliphatic heterocycles. The summed E-state index contributed by atoms with van der Waals surface area (Å²) in [5, 5.41) is 89.9. The standard InChI is InChI=1S/C59H80BrN9O18/c1-28(2)46(65-50(77)30(5)61-51(78)39(62-54(81)44(75)27-70)11-9-10-33-12-17-36(72)18-13-33)55(82)67-48-32(7)87-59(86)47(29(3)4)66-53(80)42(26-35-16-22-43(74)38(60)24-35)68(8)58(85)49(31(6)71)69-45(76)23-21-40(57(69)84)63-52(79)41(64-56(48)83)25-34-14-19-37(73)20-15-34/h12-20,22,24,28-32,39-42,44-49,70-76H,9-11,21,23,25-27H2,1-8H3,(H,61,78)(H,62,81)(H,63,79)(H,64,83)(H,65,77)(H,66,80)(H,67,82)/t30-,31+,32+,39-,40-,41-,42-,44+,45+,46-,47-,48-,49-/m0/s1. The van der Waals surface area contributed by atoms with Crippen molar-refractivity contribution in [2.45, 2.75) is 172 Å². The average molecular weight is 1280 g/mol. The Labute approximate surface area is 511 Å². The summed E-state index contributed by atoms with van der Waals surface area (Å²) in [5.41, 5.74) is 1.53. The molecule has 13 atom stereocenters. The number of halogens is 1. The van der Waals surface area contributed by atoms with Crippen molar-refractivity contribution in [1.82, 2.24) is 47.0 Å². The molecule has 27 nitrogen and oxygen atoms in total. The molecule has 3 aromatic rings. The third-order valence-electron chi connectivity index (χ3n) is 15.1. The van der Waals surface area contributed by atoms with Crippen molar-refractivity contribution in [1.29, 1.82) is 0 Å². The van der Waals surface area contributed by atoms with E-state index in [0.717, 1.165) is 10.5 Å². The van der Waals surface area contributed by atoms with E-state index in [1.165, 1.54) is 96.3 Å². The number of benzene rings is 3. The highest BCUT2D eigenvalue weighted by Crippen LogP contribution is 2.28. The number of esters is 1. The van der Waals surface area contributed by atoms with Crippen molar-refractivity contribution in [3.05, 3.63) is 87.9 Å². The summed E-state index contributed by atoms with van der Waals surface area (Å²) in [6.45, 7) is 8.92. The van der Waals surface area contributed by atoms with Gasteiger partial charge in [0.25, 0.3) is 5.91 Å². The molecule has 2 heterocycles. The van der Waals surface area contributed by atoms with Gasteiger partial charge in [0.05, 0.1) is 17.2 Å². The number of cyclic esters (lactones) is 1. The molecule has 5 rings (SSSR count). The van der Waals surface area contributed by atoms with Crippen LogP contribution in [0.2, 0.25) is 0 Å². The number of phenolic OH excluding ortho intramolecular Hbond substituents is 3. The highest BCUT2D eigenvalue weighted by molar-refractivity contribution is 9.10. The van der Waals surface area contributed by atoms with Crippen LogP contribution in [0.3, 0.4) is 0 Å². The Morgan fingerprint density at radius 1 is 0.713 bits per heavy atom. The molecule has 2 saturated heterocycles. The van der Waals surface area contributed by atoms with Gasteiger partial charge in [-0.2, -0.15) is 0 Å². The van der Waals surface area contributed by atoms with Gasteiger partial charge in [-0.25, -0.2) is 4.79 Å². The van der Waals surface area contributed by atoms with Gasteiger partial charge in [0.1, 0.15) is 84.0 Å². The molecule has 9 amide bonds. The second-order valence-electron chi connectivity index (χ2n) is 22.6. The molecule has 2 aliphatic rings. The largest absolute Gasteiger partial charge is 0.508 e. The number of ether oxygens (including phenoxy) is 1. The Hall–Kier alpha value is -7.92. The molecule has 0 aromatic heterocycles. The number of nitrogens with one attached hydrogen (secondary N) is 7. The number of piperidine rings is 1. The van der Waals surface area contributed by atoms with Crippen LogP contribution in [0, 0.1) is 11.8 Å². The lowest BCUT2D eigenvalue weighted by molar-refractivity contribution is -0.170. The number of likely N-dealkylation sites (N-methyl/N-ethyl adjacent to an activating group) is 1. The van der Waals surface area contributed by atoms with Crippen LogP contribution < -0.4 is 37.2 Å². The van der Waals surface area contributed by atoms with Gasteiger partial charge in [0.2, 0.25) is 47.3 Å². The van der Waals surface area contributed by atoms with Crippen LogP contribution in [-0.4, -0.2) is 197 Å². The van der Waals surface area contributed by atoms with Gasteiger partial charge in [-0.05, 0) is 134 Å². The van der Waals surface area contributed by atoms with Crippen LogP contribution in [0.4, 0.5) is 0 Å². The molecule has 0 unspecified atom stereocenters. The Bertz CT molecular complexity index is 2950. The fourth-order valence-corrected chi connectivity index (χ4v) is 10.3. The number of amides is 9. The Kier molecular flexibility index (Phi) is 25.4. The number of aryl methyl sites for hydroxylation is 1. The van der Waals surface area contributed by atoms with Crippen molar-refractivity contribution >= 4 is 75.1 Å². The van der Waals surface area contributed by atoms with Crippen molar-refractivity contribution in [3.8, 4) is 17.2 Å². The summed E-state index contributed by atoms with van der Waals surface area (Å²) < 4.78 is 6.15. The van der Waals surface area contributed by atoms with Crippen LogP contribution in [-0.2, 0) is 71.9 Å². The van der Waals surface area contributed by atoms with Crippen LogP contribution in [0.15, 0.2) is 71.2 Å². The Morgan fingerprint density at radius 3 is 1.90 bits per heavy atom. The Morgan fingerprint density at radius 2 is 1.32 bits per heavy atom. The van der Waals surface area contributed by atoms with Gasteiger partial charge in [-0.1, -0.05) is 58.0 Å². The topological polar surface area (TPSA) is 412 Å². The smallest absolute Gasteiger partial charge is 0.329 e. The van der Waals surface area contributed by atoms with E-state index < -0.39 is 156 Å². The summed E-state index contributed by atoms with van der Waals surface area (Å²) >= 11 is 3.25. The highest BCUT2D eigenvalue weighted by atomic mass is 79.9. The number of fused-ring (bicyclic) bond motifs is 2. The summed E-state index contributed by atoms with van der Waals surface area (Å²) in [7, 11) is 1.21. The maximum atomic E-state index is 15.0. The lowest BCUT2D eigenvalue weighted by atomic mass is 9.96. The van der Waals surface area contributed by atoms with E-state index in [9.17, 15) is 83.7 Å². The van der Waals surface area contributed by atoms with Gasteiger partial charge >= 0.3 is 5.97 Å². The first-order valence-corrected chi connectivity index (χ1v) is 29.3. The fourth-order valence-electron chi connectivity index (χ4n) is 9.89. The second-order valence-corrected chi connectivity index (χ2v) is 23.4. The number of aliphatic hydroxyl groups excluding tert-OH is 4. The van der Waals surface area contributed by atoms with Gasteiger partial charge in [0, 0.05) is 19.9 Å². The van der Waals surface area contributed by atoms with E-state index in [1.54, 1.807) is 26.0 Å². The minimum Gasteiger partial charge on any atom is -0.508 e. The number of phenols is 3. The van der Waals surface area contributed by atoms with Crippen molar-refractivity contribution in [3.63, 3.8) is 0 Å². The number of carbonyl (C=O) groups is 10. The molecule has 0 radical (unpaired) electrons. The minimum absolute atomic E-state index is 0.0139. The third-order valence-corrected chi connectivity index (χ3v) is 15.7. The van der Waals surface area contributed by atoms with E-state index in [2.05, 4.69) is 53.1 Å². The maximum absolute atomic E-state index is 15.0. The summed E-state index contributed by atoms with van der Waals surface area (Å²) in [6.07, 6.45) is -7.36. The zero-order valence-corrected chi connectivity index (χ0v) is 51.1. The molecule has 87 heavy (non-hydrogen) atoms. The molecule has 3 aromatic carbocycles. The monoisotopic (exact) mass is 1280 g/mol. The minimum atomic E-state index is -1.93. The number of rotatable bonds is 20. The number of aliphatic hydroxyl groups is 4. The molecule has 476 valence electrons. The first-order chi connectivity index (χ1) is 40.9. The number of nitrogens with zero attached hydrogens (tertiary/aromatic N) is 2. The Balaban J connectivity index is 1.52. The van der Waals surface area contributed by atoms with Crippen molar-refractivity contribution < 1.29 is 88.4 Å². The van der Waals surface area contributed by atoms with Crippen molar-refractivity contribution in [2.24, 2.45) is 11.8 Å². The predicted octanol–water partition coefficient (Wildman–Crippen LogP) is -1.08. The molecule has 2 bridgehead atoms. The van der Waals surface area contributed by atoms with Crippen LogP contribution in [0.25, 0.3) is 0 Å². The van der Waals surface area contributed by atoms with Crippen LogP contribution >= 0.6 is 15.9 Å². The molecule has 2 fully saturated rings. The van der Waals surface area contributed by atoms with E-state index in [-0.39, 0.29) is 53.8 Å². The summed E-state index contributed by atoms with van der Waals surface area (Å²) in [5.74, 6) is -12.1. The zero-order chi connectivity index (χ0) is 64.7. The van der Waals surface area contributed by atoms with Crippen LogP contribution in [0.1, 0.15) is 90.8 Å². The summed E-state index contributed by atoms with van der Waals surface area (Å²) in [6, 6.07) is 1.72. The van der Waals surface area contributed by atoms with Gasteiger partial charge in [0.15, 0.2) is 6.10 Å². The SMILES string of the molecule is CC(C)[C@H](NC(=O)[C@H](C)NC(=O)[C@H](CCCc1ccc(O)cc1)NC(=O)[C@H](O)CO)C(=O)N[C@@H]1C(=O)N[C@@H](Cc2ccc(O)cc2)C(=O)N[C@H]2CC[C@@H](O)N(C2=O)[C@@H]([C@@H](C)O)C(=O)N(C)[C@@H](Cc2ccc(O)c(Br)c2)C(=O)N[C@@H](C(C)C)C(=O)O[C@@H]1C. The van der Waals surface area contributed by atoms with E-state index in [4.69, 9.17) is 4.74 Å². The molecular formula is C59H80BrN9O18. The average Bonchev–Trinajstić information content (AvgIpc) is 1.35. The molecule has 0 saturated carbocycles. The predicted molar refractivity (Wildman–Crippen MR) is 314 cm³/mol. The first kappa shape index (κ1) is 69.8. The normalized spacial score (nSPS) is 23.5. The first-order valence-electron chi connectivity index (χ1n) is 28.5. The lowest BCUT2D eigenvalue weighted by Crippen LogP contribution is -2.67. The van der Waals surface area contributed by atoms with E-state index in [1.807, 2.05) is 0 Å². The van der Waals surface area contributed by atoms with E-state index >= 15 is 0 Å². The number of hydrogen-bond donors (Lipinski definition) is 14. The van der Waals surface area contributed by atoms with Crippen molar-refractivity contribution in [2.75, 3.05) is 13.7 Å². The zero-order valence-electron chi connectivity index (χ0n) is 49.6. The summed E-state index contributed by atoms with van der Waals surface area (Å²) in [4.78, 5) is 145. The molecule has 14 N–H and O–H groups in total. The molecule has 0 spiro atoms. The second kappa shape index (κ2) is 31.6. The molecule has 28 heteroatoms.